The lowest BCUT2D eigenvalue weighted by Crippen LogP contribution is -1.54. The number of hydrogen-bond acceptors (Lipinski definition) is 0. The highest BCUT2D eigenvalue weighted by atomic mass is 35.5. The largest absolute Gasteiger partial charge is 0.368 e. The molecule has 7 rings (SSSR count). The fraction of sp³-hybridized carbons (Fsp3) is 0. The van der Waals surface area contributed by atoms with Crippen LogP contribution in [0.2, 0.25) is 10.2 Å². The summed E-state index contributed by atoms with van der Waals surface area (Å²) in [5.74, 6) is 0. The Morgan fingerprint density at radius 1 is 0.324 bits per heavy atom. The predicted molar refractivity (Wildman–Crippen MR) is 156 cm³/mol. The summed E-state index contributed by atoms with van der Waals surface area (Å²) in [6, 6.07) is 25.0. The first-order chi connectivity index (χ1) is 18.3. The van der Waals surface area contributed by atoms with Gasteiger partial charge in [0.2, 0.25) is 0 Å². The molecule has 0 atom stereocenters. The van der Waals surface area contributed by atoms with Crippen LogP contribution in [0, 0.1) is 0 Å². The Labute approximate surface area is 227 Å². The Hall–Kier alpha value is -4.46. The minimum Gasteiger partial charge on any atom is -0.368 e. The zero-order valence-corrected chi connectivity index (χ0v) is 21.8. The zero-order chi connectivity index (χ0) is 26.5. The summed E-state index contributed by atoms with van der Waals surface area (Å²) in [5, 5.41) is 1.07. The topological polar surface area (TPSA) is 111 Å². The van der Waals surface area contributed by atoms with Crippen molar-refractivity contribution < 1.29 is 0 Å². The maximum Gasteiger partial charge on any atom is 0.125 e. The van der Waals surface area contributed by atoms with Crippen LogP contribution < -0.4 is 0 Å². The van der Waals surface area contributed by atoms with Gasteiger partial charge in [0, 0.05) is 80.6 Å². The van der Waals surface area contributed by atoms with E-state index in [0.717, 1.165) is 0 Å². The van der Waals surface area contributed by atoms with E-state index in [4.69, 9.17) is 23.2 Å². The molecule has 0 saturated carbocycles. The van der Waals surface area contributed by atoms with Gasteiger partial charge in [0.15, 0.2) is 0 Å². The van der Waals surface area contributed by atoms with Gasteiger partial charge < -0.3 is 34.9 Å². The van der Waals surface area contributed by atoms with Gasteiger partial charge in [-0.05, 0) is 78.9 Å². The van der Waals surface area contributed by atoms with Gasteiger partial charge >= 0.3 is 0 Å². The molecular formula is C28H33Cl2N7. The van der Waals surface area contributed by atoms with Gasteiger partial charge in [-0.25, -0.2) is 0 Å². The highest BCUT2D eigenvalue weighted by molar-refractivity contribution is 6.41. The maximum absolute atomic E-state index is 5.46. The fourth-order valence-electron chi connectivity index (χ4n) is 2.00. The first-order valence-electron chi connectivity index (χ1n) is 11.3. The number of nitrogens with one attached hydrogen (secondary N) is 7. The first kappa shape index (κ1) is 30.6. The second kappa shape index (κ2) is 24.7. The molecule has 37 heavy (non-hydrogen) atoms. The normalized spacial score (nSPS) is 8.27. The Bertz CT molecular complexity index is 851. The third kappa shape index (κ3) is 21.8. The summed E-state index contributed by atoms with van der Waals surface area (Å²) in [4.78, 5) is 19.9. The van der Waals surface area contributed by atoms with Crippen molar-refractivity contribution in [2.45, 2.75) is 0 Å². The molecular weight excluding hydrogens is 505 g/mol. The zero-order valence-electron chi connectivity index (χ0n) is 20.3. The van der Waals surface area contributed by atoms with Gasteiger partial charge in [-0.15, -0.1) is 0 Å². The van der Waals surface area contributed by atoms with Crippen molar-refractivity contribution in [1.82, 2.24) is 34.9 Å². The van der Waals surface area contributed by atoms with Crippen LogP contribution in [-0.2, 0) is 0 Å². The summed E-state index contributed by atoms with van der Waals surface area (Å²) in [5.41, 5.74) is 0. The average molecular weight is 539 g/mol. The molecule has 194 valence electrons. The third-order valence-electron chi connectivity index (χ3n) is 3.63. The number of aromatic nitrogens is 7. The van der Waals surface area contributed by atoms with E-state index in [9.17, 15) is 0 Å². The minimum atomic E-state index is 0.502. The Morgan fingerprint density at radius 2 is 0.541 bits per heavy atom. The SMILES string of the molecule is Clc1cc[nH]c1Cl.c1cc[nH]c1.c1cc[nH]c1.c1cc[nH]c1.c1cc[nH]c1.c1cc[nH]c1.c1cc[nH]c1. The molecule has 0 aliphatic heterocycles. The number of hydrogen-bond donors (Lipinski definition) is 7. The van der Waals surface area contributed by atoms with Crippen LogP contribution in [0.1, 0.15) is 0 Å². The molecule has 0 aromatic carbocycles. The van der Waals surface area contributed by atoms with E-state index >= 15 is 0 Å². The van der Waals surface area contributed by atoms with Gasteiger partial charge in [0.1, 0.15) is 5.15 Å². The van der Waals surface area contributed by atoms with Gasteiger partial charge in [-0.2, -0.15) is 0 Å². The predicted octanol–water partition coefficient (Wildman–Crippen LogP) is 8.41. The molecule has 0 spiro atoms. The molecule has 7 heterocycles. The molecule has 0 bridgehead atoms. The molecule has 0 amide bonds. The van der Waals surface area contributed by atoms with Crippen molar-refractivity contribution in [3.05, 3.63) is 170 Å². The average Bonchev–Trinajstić information content (AvgIpc) is 3.82. The Morgan fingerprint density at radius 3 is 0.595 bits per heavy atom. The van der Waals surface area contributed by atoms with E-state index in [-0.39, 0.29) is 0 Å². The van der Waals surface area contributed by atoms with Crippen LogP contribution >= 0.6 is 23.2 Å². The second-order valence-corrected chi connectivity index (χ2v) is 7.23. The molecule has 0 fully saturated rings. The quantitative estimate of drug-likeness (QED) is 0.101. The van der Waals surface area contributed by atoms with Crippen molar-refractivity contribution in [3.63, 3.8) is 0 Å². The maximum atomic E-state index is 5.46. The molecule has 0 unspecified atom stereocenters. The summed E-state index contributed by atoms with van der Waals surface area (Å²) in [6.45, 7) is 0. The Balaban J connectivity index is 0.000000217. The highest BCUT2D eigenvalue weighted by Gasteiger charge is 1.91. The third-order valence-corrected chi connectivity index (χ3v) is 4.35. The van der Waals surface area contributed by atoms with Gasteiger partial charge in [0.25, 0.3) is 0 Å². The van der Waals surface area contributed by atoms with Crippen molar-refractivity contribution in [3.8, 4) is 0 Å². The standard InChI is InChI=1S/C4H3Cl2N.6C4H5N/c5-3-1-2-7-4(3)6;6*1-2-4-5-3-1/h1-2,7H;6*1-5H. The molecule has 0 aliphatic carbocycles. The van der Waals surface area contributed by atoms with E-state index in [0.29, 0.717) is 10.2 Å². The Kier molecular flexibility index (Phi) is 20.4. The lowest BCUT2D eigenvalue weighted by Gasteiger charge is -1.75. The number of halogens is 2. The highest BCUT2D eigenvalue weighted by Crippen LogP contribution is 2.17. The van der Waals surface area contributed by atoms with E-state index in [2.05, 4.69) is 34.9 Å². The summed E-state index contributed by atoms with van der Waals surface area (Å²) in [6.07, 6.45) is 24.2. The summed E-state index contributed by atoms with van der Waals surface area (Å²) >= 11 is 10.9. The van der Waals surface area contributed by atoms with Crippen LogP contribution in [-0.4, -0.2) is 34.9 Å². The molecule has 7 aromatic heterocycles. The molecule has 0 saturated heterocycles. The van der Waals surface area contributed by atoms with Crippen LogP contribution in [0.4, 0.5) is 0 Å². The molecule has 7 aromatic rings. The number of aromatic amines is 7. The van der Waals surface area contributed by atoms with Crippen molar-refractivity contribution >= 4 is 23.2 Å². The van der Waals surface area contributed by atoms with Crippen LogP contribution in [0.15, 0.2) is 159 Å². The number of H-pyrrole nitrogens is 7. The summed E-state index contributed by atoms with van der Waals surface area (Å²) < 4.78 is 0. The van der Waals surface area contributed by atoms with Crippen molar-refractivity contribution in [2.24, 2.45) is 0 Å². The van der Waals surface area contributed by atoms with E-state index in [1.807, 2.05) is 147 Å². The van der Waals surface area contributed by atoms with E-state index < -0.39 is 0 Å². The molecule has 7 N–H and O–H groups in total. The van der Waals surface area contributed by atoms with Gasteiger partial charge in [0.05, 0.1) is 5.02 Å². The van der Waals surface area contributed by atoms with Gasteiger partial charge in [-0.3, -0.25) is 0 Å². The minimum absolute atomic E-state index is 0.502. The lowest BCUT2D eigenvalue weighted by molar-refractivity contribution is 1.41. The van der Waals surface area contributed by atoms with Crippen LogP contribution in [0.5, 0.6) is 0 Å². The lowest BCUT2D eigenvalue weighted by atomic mass is 10.7. The molecule has 0 radical (unpaired) electrons. The monoisotopic (exact) mass is 537 g/mol. The summed E-state index contributed by atoms with van der Waals surface area (Å²) in [7, 11) is 0. The first-order valence-corrected chi connectivity index (χ1v) is 12.0. The van der Waals surface area contributed by atoms with Crippen molar-refractivity contribution in [2.75, 3.05) is 0 Å². The molecule has 0 aliphatic rings. The van der Waals surface area contributed by atoms with Crippen LogP contribution in [0.3, 0.4) is 0 Å². The van der Waals surface area contributed by atoms with Crippen molar-refractivity contribution in [1.29, 1.82) is 0 Å². The number of rotatable bonds is 0. The second-order valence-electron chi connectivity index (χ2n) is 6.45. The van der Waals surface area contributed by atoms with E-state index in [1.54, 1.807) is 12.3 Å². The van der Waals surface area contributed by atoms with E-state index in [1.165, 1.54) is 0 Å². The molecule has 7 nitrogen and oxygen atoms in total. The fourth-order valence-corrected chi connectivity index (χ4v) is 2.24. The van der Waals surface area contributed by atoms with Gasteiger partial charge in [-0.1, -0.05) is 23.2 Å². The smallest absolute Gasteiger partial charge is 0.125 e. The van der Waals surface area contributed by atoms with Crippen LogP contribution in [0.25, 0.3) is 0 Å². The molecule has 9 heteroatoms.